The predicted octanol–water partition coefficient (Wildman–Crippen LogP) is 3.62. The zero-order valence-electron chi connectivity index (χ0n) is 13.3. The Balaban J connectivity index is 1.36. The van der Waals surface area contributed by atoms with Gasteiger partial charge in [0.15, 0.2) is 0 Å². The molecule has 2 aliphatic rings. The van der Waals surface area contributed by atoms with Gasteiger partial charge in [0.05, 0.1) is 6.61 Å². The van der Waals surface area contributed by atoms with Gasteiger partial charge in [-0.2, -0.15) is 0 Å². The largest absolute Gasteiger partial charge is 0.494 e. The van der Waals surface area contributed by atoms with Gasteiger partial charge in [-0.1, -0.05) is 0 Å². The first-order chi connectivity index (χ1) is 10.8. The summed E-state index contributed by atoms with van der Waals surface area (Å²) in [7, 11) is 0. The van der Waals surface area contributed by atoms with E-state index in [0.29, 0.717) is 0 Å². The molecule has 0 aromatic heterocycles. The van der Waals surface area contributed by atoms with Crippen LogP contribution in [0.4, 0.5) is 0 Å². The third-order valence-corrected chi connectivity index (χ3v) is 5.56. The standard InChI is InChI=1S/C18H27IN2O/c19-16-6-8-18(9-7-16)22-14-4-13-21-12-3-5-17(21)15-20-10-1-2-11-20/h6-9,17H,1-5,10-15H2/t17-/m1/s1. The maximum atomic E-state index is 5.85. The predicted molar refractivity (Wildman–Crippen MR) is 99.5 cm³/mol. The molecule has 2 fully saturated rings. The smallest absolute Gasteiger partial charge is 0.119 e. The maximum Gasteiger partial charge on any atom is 0.119 e. The van der Waals surface area contributed by atoms with Crippen molar-refractivity contribution < 1.29 is 4.74 Å². The van der Waals surface area contributed by atoms with Crippen LogP contribution in [0.5, 0.6) is 5.75 Å². The van der Waals surface area contributed by atoms with E-state index < -0.39 is 0 Å². The van der Waals surface area contributed by atoms with Crippen LogP contribution in [0, 0.1) is 3.57 Å². The van der Waals surface area contributed by atoms with Crippen LogP contribution in [0.1, 0.15) is 32.1 Å². The number of likely N-dealkylation sites (tertiary alicyclic amines) is 2. The summed E-state index contributed by atoms with van der Waals surface area (Å²) in [5, 5.41) is 0. The lowest BCUT2D eigenvalue weighted by Crippen LogP contribution is -2.40. The molecule has 3 rings (SSSR count). The van der Waals surface area contributed by atoms with Gasteiger partial charge in [-0.3, -0.25) is 4.90 Å². The van der Waals surface area contributed by atoms with E-state index >= 15 is 0 Å². The van der Waals surface area contributed by atoms with Gasteiger partial charge in [0.25, 0.3) is 0 Å². The zero-order valence-corrected chi connectivity index (χ0v) is 15.5. The zero-order chi connectivity index (χ0) is 15.2. The molecule has 0 unspecified atom stereocenters. The van der Waals surface area contributed by atoms with Gasteiger partial charge < -0.3 is 9.64 Å². The summed E-state index contributed by atoms with van der Waals surface area (Å²) >= 11 is 2.32. The molecule has 0 amide bonds. The van der Waals surface area contributed by atoms with Crippen molar-refractivity contribution in [2.75, 3.05) is 39.3 Å². The molecule has 3 nitrogen and oxygen atoms in total. The Morgan fingerprint density at radius 2 is 1.82 bits per heavy atom. The van der Waals surface area contributed by atoms with E-state index in [-0.39, 0.29) is 0 Å². The van der Waals surface area contributed by atoms with E-state index in [0.717, 1.165) is 24.8 Å². The van der Waals surface area contributed by atoms with Crippen molar-refractivity contribution in [1.82, 2.24) is 9.80 Å². The van der Waals surface area contributed by atoms with Crippen LogP contribution in [0.25, 0.3) is 0 Å². The van der Waals surface area contributed by atoms with Crippen LogP contribution < -0.4 is 4.74 Å². The minimum Gasteiger partial charge on any atom is -0.494 e. The lowest BCUT2D eigenvalue weighted by atomic mass is 10.2. The van der Waals surface area contributed by atoms with Gasteiger partial charge in [0.2, 0.25) is 0 Å². The summed E-state index contributed by atoms with van der Waals surface area (Å²) in [6.45, 7) is 7.22. The Kier molecular flexibility index (Phi) is 6.39. The second kappa shape index (κ2) is 8.50. The molecule has 0 aliphatic carbocycles. The fourth-order valence-corrected chi connectivity index (χ4v) is 4.01. The highest BCUT2D eigenvalue weighted by atomic mass is 127. The molecule has 22 heavy (non-hydrogen) atoms. The van der Waals surface area contributed by atoms with Gasteiger partial charge in [-0.05, 0) is 98.6 Å². The molecule has 1 aromatic rings. The molecule has 122 valence electrons. The third kappa shape index (κ3) is 4.83. The first-order valence-electron chi connectivity index (χ1n) is 8.66. The van der Waals surface area contributed by atoms with Gasteiger partial charge in [0, 0.05) is 22.7 Å². The molecule has 0 radical (unpaired) electrons. The Bertz CT molecular complexity index is 445. The summed E-state index contributed by atoms with van der Waals surface area (Å²) < 4.78 is 7.11. The average Bonchev–Trinajstić information content (AvgIpc) is 3.18. The molecule has 2 heterocycles. The molecule has 0 saturated carbocycles. The van der Waals surface area contributed by atoms with Gasteiger partial charge in [-0.15, -0.1) is 0 Å². The number of hydrogen-bond acceptors (Lipinski definition) is 3. The fraction of sp³-hybridized carbons (Fsp3) is 0.667. The Morgan fingerprint density at radius 3 is 2.59 bits per heavy atom. The number of hydrogen-bond donors (Lipinski definition) is 0. The van der Waals surface area contributed by atoms with Crippen molar-refractivity contribution >= 4 is 22.6 Å². The normalized spacial score (nSPS) is 23.2. The lowest BCUT2D eigenvalue weighted by Gasteiger charge is -2.28. The minimum absolute atomic E-state index is 0.788. The second-order valence-electron chi connectivity index (χ2n) is 6.50. The molecule has 0 N–H and O–H groups in total. The lowest BCUT2D eigenvalue weighted by molar-refractivity contribution is 0.178. The summed E-state index contributed by atoms with van der Waals surface area (Å²) in [4.78, 5) is 5.35. The summed E-state index contributed by atoms with van der Waals surface area (Å²) in [6, 6.07) is 9.11. The summed E-state index contributed by atoms with van der Waals surface area (Å²) in [5.74, 6) is 0.996. The fourth-order valence-electron chi connectivity index (χ4n) is 3.65. The van der Waals surface area contributed by atoms with E-state index in [1.54, 1.807) is 0 Å². The Morgan fingerprint density at radius 1 is 1.05 bits per heavy atom. The summed E-state index contributed by atoms with van der Waals surface area (Å²) in [5.41, 5.74) is 0. The molecule has 1 atom stereocenters. The van der Waals surface area contributed by atoms with Crippen molar-refractivity contribution in [1.29, 1.82) is 0 Å². The molecular formula is C18H27IN2O. The van der Waals surface area contributed by atoms with Crippen LogP contribution in [-0.4, -0.2) is 55.2 Å². The van der Waals surface area contributed by atoms with Crippen LogP contribution >= 0.6 is 22.6 Å². The van der Waals surface area contributed by atoms with Crippen molar-refractivity contribution in [3.8, 4) is 5.75 Å². The van der Waals surface area contributed by atoms with Crippen LogP contribution in [0.2, 0.25) is 0 Å². The topological polar surface area (TPSA) is 15.7 Å². The molecule has 0 bridgehead atoms. The average molecular weight is 414 g/mol. The number of benzene rings is 1. The monoisotopic (exact) mass is 414 g/mol. The van der Waals surface area contributed by atoms with Crippen molar-refractivity contribution in [3.05, 3.63) is 27.8 Å². The molecule has 2 aliphatic heterocycles. The first-order valence-corrected chi connectivity index (χ1v) is 9.74. The van der Waals surface area contributed by atoms with E-state index in [9.17, 15) is 0 Å². The van der Waals surface area contributed by atoms with Crippen LogP contribution in [0.15, 0.2) is 24.3 Å². The van der Waals surface area contributed by atoms with Gasteiger partial charge >= 0.3 is 0 Å². The number of nitrogens with zero attached hydrogens (tertiary/aromatic N) is 2. The number of halogens is 1. The first kappa shape index (κ1) is 16.5. The molecule has 4 heteroatoms. The molecular weight excluding hydrogens is 387 g/mol. The van der Waals surface area contributed by atoms with E-state index in [4.69, 9.17) is 4.74 Å². The van der Waals surface area contributed by atoms with Gasteiger partial charge in [0.1, 0.15) is 5.75 Å². The molecule has 2 saturated heterocycles. The van der Waals surface area contributed by atoms with Crippen LogP contribution in [0.3, 0.4) is 0 Å². The highest BCUT2D eigenvalue weighted by molar-refractivity contribution is 14.1. The Hall–Kier alpha value is -0.330. The van der Waals surface area contributed by atoms with Crippen molar-refractivity contribution in [2.24, 2.45) is 0 Å². The van der Waals surface area contributed by atoms with E-state index in [2.05, 4.69) is 56.7 Å². The summed E-state index contributed by atoms with van der Waals surface area (Å²) in [6.07, 6.45) is 6.68. The number of ether oxygens (including phenoxy) is 1. The van der Waals surface area contributed by atoms with Crippen molar-refractivity contribution in [2.45, 2.75) is 38.1 Å². The van der Waals surface area contributed by atoms with Crippen LogP contribution in [-0.2, 0) is 0 Å². The van der Waals surface area contributed by atoms with Crippen molar-refractivity contribution in [3.63, 3.8) is 0 Å². The quantitative estimate of drug-likeness (QED) is 0.501. The highest BCUT2D eigenvalue weighted by Gasteiger charge is 2.26. The van der Waals surface area contributed by atoms with E-state index in [1.165, 1.54) is 62.0 Å². The van der Waals surface area contributed by atoms with E-state index in [1.807, 2.05) is 0 Å². The molecule has 1 aromatic carbocycles. The third-order valence-electron chi connectivity index (χ3n) is 4.84. The SMILES string of the molecule is Ic1ccc(OCCCN2CCC[C@@H]2CN2CCCC2)cc1. The Labute approximate surface area is 148 Å². The minimum atomic E-state index is 0.788. The maximum absolute atomic E-state index is 5.85. The molecule has 0 spiro atoms. The highest BCUT2D eigenvalue weighted by Crippen LogP contribution is 2.20. The van der Waals surface area contributed by atoms with Gasteiger partial charge in [-0.25, -0.2) is 0 Å². The number of rotatable bonds is 7. The second-order valence-corrected chi connectivity index (χ2v) is 7.74.